The molecule has 2 N–H and O–H groups in total. The van der Waals surface area contributed by atoms with Gasteiger partial charge in [0.15, 0.2) is 5.78 Å². The Bertz CT molecular complexity index is 977. The van der Waals surface area contributed by atoms with E-state index < -0.39 is 12.1 Å². The molecular formula is C18H14Cl2N2O4. The van der Waals surface area contributed by atoms with E-state index in [0.717, 1.165) is 10.9 Å². The number of ether oxygens (including phenoxy) is 1. The summed E-state index contributed by atoms with van der Waals surface area (Å²) >= 11 is 12.1. The van der Waals surface area contributed by atoms with Crippen molar-refractivity contribution in [2.75, 3.05) is 7.11 Å². The number of Topliss-reactive ketones (excluding diaryl/α,β-unsaturated/α-hetero) is 1. The highest BCUT2D eigenvalue weighted by Gasteiger charge is 2.21. The van der Waals surface area contributed by atoms with E-state index in [1.165, 1.54) is 19.2 Å². The molecule has 0 aliphatic carbocycles. The maximum atomic E-state index is 12.5. The van der Waals surface area contributed by atoms with E-state index in [1.54, 1.807) is 24.4 Å². The standard InChI is InChI=1S/C18H14Cl2N2O4/c1-26-18(25)17-12(19)4-11(5-13(17)20)16(24)7-15(23)9-2-3-10-8-21-22-14(10)6-9/h2-6,8,15,23H,7H2,1H3,(H,21,22). The third kappa shape index (κ3) is 3.58. The molecule has 1 aromatic heterocycles. The smallest absolute Gasteiger partial charge is 0.340 e. The summed E-state index contributed by atoms with van der Waals surface area (Å²) in [6, 6.07) is 7.96. The Morgan fingerprint density at radius 3 is 2.58 bits per heavy atom. The third-order valence-electron chi connectivity index (χ3n) is 3.98. The number of ketones is 1. The van der Waals surface area contributed by atoms with Crippen LogP contribution in [0.4, 0.5) is 0 Å². The van der Waals surface area contributed by atoms with Crippen LogP contribution < -0.4 is 0 Å². The van der Waals surface area contributed by atoms with Gasteiger partial charge in [-0.05, 0) is 23.8 Å². The Morgan fingerprint density at radius 1 is 1.23 bits per heavy atom. The first kappa shape index (κ1) is 18.4. The second-order valence-corrected chi connectivity index (χ2v) is 6.48. The van der Waals surface area contributed by atoms with E-state index in [9.17, 15) is 14.7 Å². The van der Waals surface area contributed by atoms with Crippen molar-refractivity contribution < 1.29 is 19.4 Å². The number of aliphatic hydroxyl groups excluding tert-OH is 1. The zero-order chi connectivity index (χ0) is 18.8. The van der Waals surface area contributed by atoms with Crippen molar-refractivity contribution >= 4 is 45.9 Å². The van der Waals surface area contributed by atoms with Crippen LogP contribution in [0.2, 0.25) is 10.0 Å². The van der Waals surface area contributed by atoms with Gasteiger partial charge in [0, 0.05) is 17.4 Å². The zero-order valence-electron chi connectivity index (χ0n) is 13.6. The largest absolute Gasteiger partial charge is 0.465 e. The van der Waals surface area contributed by atoms with Gasteiger partial charge in [-0.3, -0.25) is 9.89 Å². The number of fused-ring (bicyclic) bond motifs is 1. The number of carbonyl (C=O) groups excluding carboxylic acids is 2. The highest BCUT2D eigenvalue weighted by Crippen LogP contribution is 2.29. The van der Waals surface area contributed by atoms with Crippen molar-refractivity contribution in [2.24, 2.45) is 0 Å². The van der Waals surface area contributed by atoms with E-state index in [-0.39, 0.29) is 33.4 Å². The van der Waals surface area contributed by atoms with Crippen LogP contribution in [0.25, 0.3) is 10.9 Å². The normalized spacial score (nSPS) is 12.2. The molecule has 0 bridgehead atoms. The summed E-state index contributed by atoms with van der Waals surface area (Å²) in [6.45, 7) is 0. The Labute approximate surface area is 158 Å². The number of H-pyrrole nitrogens is 1. The van der Waals surface area contributed by atoms with Gasteiger partial charge >= 0.3 is 5.97 Å². The molecule has 0 spiro atoms. The molecule has 3 rings (SSSR count). The first-order valence-electron chi connectivity index (χ1n) is 7.62. The topological polar surface area (TPSA) is 92.3 Å². The van der Waals surface area contributed by atoms with Crippen LogP contribution in [0.3, 0.4) is 0 Å². The van der Waals surface area contributed by atoms with Gasteiger partial charge in [-0.25, -0.2) is 4.79 Å². The Balaban J connectivity index is 1.81. The molecule has 0 radical (unpaired) electrons. The number of esters is 1. The summed E-state index contributed by atoms with van der Waals surface area (Å²) in [5, 5.41) is 18.0. The van der Waals surface area contributed by atoms with Crippen molar-refractivity contribution in [2.45, 2.75) is 12.5 Å². The average molecular weight is 393 g/mol. The molecule has 0 aliphatic rings. The molecule has 2 aromatic carbocycles. The van der Waals surface area contributed by atoms with Crippen molar-refractivity contribution in [3.05, 3.63) is 63.3 Å². The first-order valence-corrected chi connectivity index (χ1v) is 8.38. The fourth-order valence-electron chi connectivity index (χ4n) is 2.60. The molecule has 6 nitrogen and oxygen atoms in total. The molecule has 0 saturated carbocycles. The van der Waals surface area contributed by atoms with Gasteiger partial charge in [0.1, 0.15) is 0 Å². The van der Waals surface area contributed by atoms with Gasteiger partial charge < -0.3 is 9.84 Å². The minimum absolute atomic E-state index is 0.00220. The lowest BCUT2D eigenvalue weighted by atomic mass is 9.99. The number of hydrogen-bond donors (Lipinski definition) is 2. The summed E-state index contributed by atoms with van der Waals surface area (Å²) in [6.07, 6.45) is 0.501. The number of aromatic nitrogens is 2. The Kier molecular flexibility index (Phi) is 5.27. The number of carbonyl (C=O) groups is 2. The van der Waals surface area contributed by atoms with Crippen LogP contribution in [-0.4, -0.2) is 34.2 Å². The number of nitrogens with zero attached hydrogens (tertiary/aromatic N) is 1. The van der Waals surface area contributed by atoms with Crippen molar-refractivity contribution in [3.8, 4) is 0 Å². The highest BCUT2D eigenvalue weighted by atomic mass is 35.5. The first-order chi connectivity index (χ1) is 12.4. The number of halogens is 2. The van der Waals surface area contributed by atoms with E-state index in [4.69, 9.17) is 23.2 Å². The number of methoxy groups -OCH3 is 1. The average Bonchev–Trinajstić information content (AvgIpc) is 3.08. The number of aliphatic hydroxyl groups is 1. The zero-order valence-corrected chi connectivity index (χ0v) is 15.1. The van der Waals surface area contributed by atoms with Crippen molar-refractivity contribution in [3.63, 3.8) is 0 Å². The summed E-state index contributed by atoms with van der Waals surface area (Å²) in [4.78, 5) is 24.1. The van der Waals surface area contributed by atoms with Crippen LogP contribution in [-0.2, 0) is 4.74 Å². The number of hydrogen-bond acceptors (Lipinski definition) is 5. The van der Waals surface area contributed by atoms with Gasteiger partial charge in [0.2, 0.25) is 0 Å². The minimum atomic E-state index is -1.01. The van der Waals surface area contributed by atoms with Crippen LogP contribution in [0, 0.1) is 0 Å². The molecule has 26 heavy (non-hydrogen) atoms. The number of benzene rings is 2. The molecule has 1 heterocycles. The van der Waals surface area contributed by atoms with Crippen LogP contribution in [0.5, 0.6) is 0 Å². The lowest BCUT2D eigenvalue weighted by Crippen LogP contribution is -2.09. The fraction of sp³-hybridized carbons (Fsp3) is 0.167. The monoisotopic (exact) mass is 392 g/mol. The lowest BCUT2D eigenvalue weighted by molar-refractivity contribution is 0.0600. The molecule has 1 unspecified atom stereocenters. The van der Waals surface area contributed by atoms with E-state index >= 15 is 0 Å². The molecule has 134 valence electrons. The second-order valence-electron chi connectivity index (χ2n) is 5.67. The van der Waals surface area contributed by atoms with Crippen molar-refractivity contribution in [1.29, 1.82) is 0 Å². The van der Waals surface area contributed by atoms with E-state index in [2.05, 4.69) is 14.9 Å². The lowest BCUT2D eigenvalue weighted by Gasteiger charge is -2.12. The second kappa shape index (κ2) is 7.45. The highest BCUT2D eigenvalue weighted by molar-refractivity contribution is 6.39. The summed E-state index contributed by atoms with van der Waals surface area (Å²) in [7, 11) is 1.21. The van der Waals surface area contributed by atoms with E-state index in [0.29, 0.717) is 5.56 Å². The van der Waals surface area contributed by atoms with Gasteiger partial charge in [0.05, 0.1) is 40.5 Å². The molecule has 0 fully saturated rings. The van der Waals surface area contributed by atoms with Crippen LogP contribution in [0.1, 0.15) is 38.8 Å². The van der Waals surface area contributed by atoms with Gasteiger partial charge in [-0.15, -0.1) is 0 Å². The number of nitrogens with one attached hydrogen (secondary N) is 1. The minimum Gasteiger partial charge on any atom is -0.465 e. The van der Waals surface area contributed by atoms with Crippen LogP contribution in [0.15, 0.2) is 36.5 Å². The summed E-state index contributed by atoms with van der Waals surface area (Å²) in [5.41, 5.74) is 1.55. The van der Waals surface area contributed by atoms with E-state index in [1.807, 2.05) is 0 Å². The summed E-state index contributed by atoms with van der Waals surface area (Å²) in [5.74, 6) is -1.05. The number of rotatable bonds is 5. The molecule has 8 heteroatoms. The molecular weight excluding hydrogens is 379 g/mol. The molecule has 0 amide bonds. The quantitative estimate of drug-likeness (QED) is 0.506. The predicted molar refractivity (Wildman–Crippen MR) is 97.8 cm³/mol. The van der Waals surface area contributed by atoms with Gasteiger partial charge in [-0.1, -0.05) is 35.3 Å². The third-order valence-corrected chi connectivity index (χ3v) is 4.58. The summed E-state index contributed by atoms with van der Waals surface area (Å²) < 4.78 is 4.61. The van der Waals surface area contributed by atoms with Crippen molar-refractivity contribution in [1.82, 2.24) is 10.2 Å². The fourth-order valence-corrected chi connectivity index (χ4v) is 3.25. The maximum Gasteiger partial charge on any atom is 0.340 e. The van der Waals surface area contributed by atoms with Gasteiger partial charge in [-0.2, -0.15) is 5.10 Å². The molecule has 0 aliphatic heterocycles. The predicted octanol–water partition coefficient (Wildman–Crippen LogP) is 3.96. The Hall–Kier alpha value is -2.41. The number of aromatic amines is 1. The molecule has 0 saturated heterocycles. The van der Waals surface area contributed by atoms with Gasteiger partial charge in [0.25, 0.3) is 0 Å². The Morgan fingerprint density at radius 2 is 1.92 bits per heavy atom. The maximum absolute atomic E-state index is 12.5. The molecule has 1 atom stereocenters. The molecule has 3 aromatic rings. The SMILES string of the molecule is COC(=O)c1c(Cl)cc(C(=O)CC(O)c2ccc3cn[nH]c3c2)cc1Cl. The van der Waals surface area contributed by atoms with Crippen LogP contribution >= 0.6 is 23.2 Å².